The zero-order valence-electron chi connectivity index (χ0n) is 14.5. The summed E-state index contributed by atoms with van der Waals surface area (Å²) in [4.78, 5) is 29.8. The highest BCUT2D eigenvalue weighted by Crippen LogP contribution is 2.31. The molecule has 26 heavy (non-hydrogen) atoms. The lowest BCUT2D eigenvalue weighted by molar-refractivity contribution is -0.782. The Labute approximate surface area is 147 Å². The summed E-state index contributed by atoms with van der Waals surface area (Å²) in [6.45, 7) is 5.05. The highest BCUT2D eigenvalue weighted by atomic mass is 16.8. The van der Waals surface area contributed by atoms with E-state index in [1.807, 2.05) is 0 Å². The SMILES string of the molecule is CCOC(=O)COn1c(C)c(C(=O)OCC)c2c3no[n+]([O-])c3ccc21. The maximum Gasteiger partial charge on any atom is 0.346 e. The number of carbonyl (C=O) groups is 2. The molecular weight excluding hydrogens is 346 g/mol. The predicted molar refractivity (Wildman–Crippen MR) is 87.2 cm³/mol. The fourth-order valence-corrected chi connectivity index (χ4v) is 2.75. The number of benzene rings is 1. The van der Waals surface area contributed by atoms with Gasteiger partial charge in [-0.15, -0.1) is 0 Å². The zero-order chi connectivity index (χ0) is 18.8. The van der Waals surface area contributed by atoms with Gasteiger partial charge in [-0.2, -0.15) is 4.73 Å². The van der Waals surface area contributed by atoms with Crippen molar-refractivity contribution >= 4 is 33.9 Å². The second-order valence-electron chi connectivity index (χ2n) is 5.31. The number of rotatable bonds is 6. The van der Waals surface area contributed by atoms with Crippen LogP contribution in [0.15, 0.2) is 16.8 Å². The molecule has 2 heterocycles. The number of fused-ring (bicyclic) bond motifs is 3. The molecule has 2 aromatic heterocycles. The molecule has 0 saturated heterocycles. The second-order valence-corrected chi connectivity index (χ2v) is 5.31. The van der Waals surface area contributed by atoms with Crippen LogP contribution in [0.2, 0.25) is 0 Å². The molecule has 138 valence electrons. The van der Waals surface area contributed by atoms with Gasteiger partial charge in [-0.1, -0.05) is 0 Å². The Morgan fingerprint density at radius 3 is 2.69 bits per heavy atom. The number of hydrogen-bond acceptors (Lipinski definition) is 8. The van der Waals surface area contributed by atoms with Crippen molar-refractivity contribution in [3.05, 3.63) is 28.6 Å². The number of nitrogens with zero attached hydrogens (tertiary/aromatic N) is 3. The van der Waals surface area contributed by atoms with Gasteiger partial charge in [0.15, 0.2) is 0 Å². The van der Waals surface area contributed by atoms with Crippen molar-refractivity contribution in [1.29, 1.82) is 0 Å². The Morgan fingerprint density at radius 2 is 2.00 bits per heavy atom. The molecule has 0 atom stereocenters. The van der Waals surface area contributed by atoms with E-state index in [0.717, 1.165) is 0 Å². The Hall–Kier alpha value is -3.30. The minimum absolute atomic E-state index is 0.158. The highest BCUT2D eigenvalue weighted by molar-refractivity contribution is 6.14. The summed E-state index contributed by atoms with van der Waals surface area (Å²) >= 11 is 0. The van der Waals surface area contributed by atoms with Crippen LogP contribution in [0.3, 0.4) is 0 Å². The maximum absolute atomic E-state index is 12.5. The Morgan fingerprint density at radius 1 is 1.27 bits per heavy atom. The van der Waals surface area contributed by atoms with E-state index in [1.54, 1.807) is 26.8 Å². The molecule has 0 aliphatic carbocycles. The molecule has 0 fully saturated rings. The van der Waals surface area contributed by atoms with Crippen molar-refractivity contribution in [2.24, 2.45) is 0 Å². The van der Waals surface area contributed by atoms with Crippen LogP contribution in [-0.2, 0) is 14.3 Å². The molecule has 3 aromatic rings. The quantitative estimate of drug-likeness (QED) is 0.468. The topological polar surface area (TPSA) is 120 Å². The zero-order valence-corrected chi connectivity index (χ0v) is 14.5. The molecular formula is C16H17N3O7. The standard InChI is InChI=1S/C16H17N3O7/c1-4-23-12(20)8-25-18-9(3)13(16(21)24-5-2)14-10(18)6-7-11-15(14)17-26-19(11)22/h6-7H,4-5,8H2,1-3H3. The van der Waals surface area contributed by atoms with Gasteiger partial charge in [0.1, 0.15) is 0 Å². The largest absolute Gasteiger partial charge is 0.463 e. The van der Waals surface area contributed by atoms with Crippen LogP contribution >= 0.6 is 0 Å². The lowest BCUT2D eigenvalue weighted by Crippen LogP contribution is -2.23. The molecule has 0 unspecified atom stereocenters. The monoisotopic (exact) mass is 363 g/mol. The second kappa shape index (κ2) is 6.90. The molecule has 10 heteroatoms. The van der Waals surface area contributed by atoms with Crippen molar-refractivity contribution < 1.29 is 33.4 Å². The van der Waals surface area contributed by atoms with Crippen molar-refractivity contribution in [2.45, 2.75) is 20.8 Å². The average Bonchev–Trinajstić information content (AvgIpc) is 3.11. The highest BCUT2D eigenvalue weighted by Gasteiger charge is 2.28. The van der Waals surface area contributed by atoms with Gasteiger partial charge in [0, 0.05) is 5.16 Å². The summed E-state index contributed by atoms with van der Waals surface area (Å²) in [5.74, 6) is -1.15. The van der Waals surface area contributed by atoms with Crippen LogP contribution in [-0.4, -0.2) is 41.6 Å². The van der Waals surface area contributed by atoms with Crippen molar-refractivity contribution in [3.63, 3.8) is 0 Å². The number of carbonyl (C=O) groups excluding carboxylic acids is 2. The number of aromatic nitrogens is 3. The fourth-order valence-electron chi connectivity index (χ4n) is 2.75. The summed E-state index contributed by atoms with van der Waals surface area (Å²) in [6.07, 6.45) is 0. The molecule has 10 nitrogen and oxygen atoms in total. The van der Waals surface area contributed by atoms with Crippen LogP contribution in [0.4, 0.5) is 0 Å². The number of hydrogen-bond donors (Lipinski definition) is 0. The van der Waals surface area contributed by atoms with E-state index >= 15 is 0 Å². The molecule has 0 aliphatic heterocycles. The first-order valence-corrected chi connectivity index (χ1v) is 7.99. The molecule has 0 radical (unpaired) electrons. The van der Waals surface area contributed by atoms with Gasteiger partial charge in [0.2, 0.25) is 12.1 Å². The van der Waals surface area contributed by atoms with Gasteiger partial charge < -0.3 is 19.5 Å². The van der Waals surface area contributed by atoms with Gasteiger partial charge >= 0.3 is 11.9 Å². The lowest BCUT2D eigenvalue weighted by atomic mass is 10.1. The van der Waals surface area contributed by atoms with Crippen molar-refractivity contribution in [2.75, 3.05) is 19.8 Å². The lowest BCUT2D eigenvalue weighted by Gasteiger charge is -2.10. The first-order chi connectivity index (χ1) is 12.5. The minimum atomic E-state index is -0.596. The van der Waals surface area contributed by atoms with Crippen LogP contribution in [0.25, 0.3) is 21.9 Å². The Bertz CT molecular complexity index is 989. The van der Waals surface area contributed by atoms with Crippen molar-refractivity contribution in [3.8, 4) is 0 Å². The van der Waals surface area contributed by atoms with E-state index in [0.29, 0.717) is 16.6 Å². The smallest absolute Gasteiger partial charge is 0.346 e. The summed E-state index contributed by atoms with van der Waals surface area (Å²) in [5, 5.41) is 15.8. The summed E-state index contributed by atoms with van der Waals surface area (Å²) in [6, 6.07) is 3.06. The molecule has 1 aromatic carbocycles. The molecule has 0 aliphatic rings. The fraction of sp³-hybridized carbons (Fsp3) is 0.375. The minimum Gasteiger partial charge on any atom is -0.463 e. The molecule has 0 spiro atoms. The van der Waals surface area contributed by atoms with E-state index in [-0.39, 0.29) is 41.3 Å². The summed E-state index contributed by atoms with van der Waals surface area (Å²) in [7, 11) is 0. The molecule has 0 saturated carbocycles. The third-order valence-corrected chi connectivity index (χ3v) is 3.77. The molecule has 0 amide bonds. The maximum atomic E-state index is 12.5. The third kappa shape index (κ3) is 2.79. The number of esters is 2. The van der Waals surface area contributed by atoms with E-state index < -0.39 is 11.9 Å². The Balaban J connectivity index is 2.19. The van der Waals surface area contributed by atoms with E-state index in [2.05, 4.69) is 9.79 Å². The van der Waals surface area contributed by atoms with E-state index in [1.165, 1.54) is 10.8 Å². The van der Waals surface area contributed by atoms with Crippen LogP contribution in [0.1, 0.15) is 29.9 Å². The van der Waals surface area contributed by atoms with Gasteiger partial charge in [-0.25, -0.2) is 9.59 Å². The van der Waals surface area contributed by atoms with E-state index in [4.69, 9.17) is 14.3 Å². The van der Waals surface area contributed by atoms with Crippen LogP contribution < -0.4 is 9.74 Å². The first kappa shape index (κ1) is 17.5. The summed E-state index contributed by atoms with van der Waals surface area (Å²) < 4.78 is 15.9. The van der Waals surface area contributed by atoms with E-state index in [9.17, 15) is 14.8 Å². The molecule has 0 N–H and O–H groups in total. The summed E-state index contributed by atoms with van der Waals surface area (Å²) in [5.41, 5.74) is 1.38. The van der Waals surface area contributed by atoms with Crippen molar-refractivity contribution in [1.82, 2.24) is 9.89 Å². The Kier molecular flexibility index (Phi) is 4.65. The molecule has 0 bridgehead atoms. The number of ether oxygens (including phenoxy) is 2. The third-order valence-electron chi connectivity index (χ3n) is 3.77. The van der Waals surface area contributed by atoms with Gasteiger partial charge in [-0.05, 0) is 37.8 Å². The van der Waals surface area contributed by atoms with Gasteiger partial charge in [0.25, 0.3) is 5.52 Å². The first-order valence-electron chi connectivity index (χ1n) is 7.99. The normalized spacial score (nSPS) is 11.0. The molecule has 3 rings (SSSR count). The average molecular weight is 363 g/mol. The van der Waals surface area contributed by atoms with Crippen LogP contribution in [0.5, 0.6) is 0 Å². The van der Waals surface area contributed by atoms with Gasteiger partial charge in [0.05, 0.1) is 35.4 Å². The van der Waals surface area contributed by atoms with Gasteiger partial charge in [-0.3, -0.25) is 4.63 Å². The van der Waals surface area contributed by atoms with Crippen LogP contribution in [0, 0.1) is 12.1 Å². The predicted octanol–water partition coefficient (Wildman–Crippen LogP) is 0.893.